The monoisotopic (exact) mass is 436 g/mol. The second kappa shape index (κ2) is 9.12. The number of thiophene rings is 1. The van der Waals surface area contributed by atoms with Crippen LogP contribution in [-0.4, -0.2) is 11.8 Å². The number of hydrogen-bond acceptors (Lipinski definition) is 3. The fourth-order valence-electron chi connectivity index (χ4n) is 3.61. The van der Waals surface area contributed by atoms with Crippen molar-refractivity contribution in [1.82, 2.24) is 0 Å². The van der Waals surface area contributed by atoms with Crippen LogP contribution in [0.15, 0.2) is 24.3 Å². The Labute approximate surface area is 178 Å². The molecule has 2 aromatic rings. The maximum absolute atomic E-state index is 12.4. The molecular weight excluding hydrogens is 415 g/mol. The summed E-state index contributed by atoms with van der Waals surface area (Å²) < 4.78 is 0. The van der Waals surface area contributed by atoms with Gasteiger partial charge < -0.3 is 11.1 Å². The minimum absolute atomic E-state index is 0.336. The van der Waals surface area contributed by atoms with Crippen molar-refractivity contribution < 1.29 is 9.59 Å². The Morgan fingerprint density at radius 3 is 2.82 bits per heavy atom. The SMILES string of the molecule is CCCC1CCc2c(sc(NC(=O)/C=C/c3ccc(Cl)cc3Cl)c2C(N)=O)C1. The van der Waals surface area contributed by atoms with Crippen LogP contribution in [0.1, 0.15) is 52.5 Å². The molecule has 0 radical (unpaired) electrons. The van der Waals surface area contributed by atoms with Crippen LogP contribution in [-0.2, 0) is 17.6 Å². The van der Waals surface area contributed by atoms with Gasteiger partial charge in [-0.1, -0.05) is 49.0 Å². The molecule has 3 N–H and O–H groups in total. The van der Waals surface area contributed by atoms with E-state index in [1.54, 1.807) is 24.3 Å². The number of benzene rings is 1. The third-order valence-electron chi connectivity index (χ3n) is 4.92. The molecule has 1 aliphatic rings. The molecular formula is C21H22Cl2N2O2S. The van der Waals surface area contributed by atoms with Gasteiger partial charge in [0.1, 0.15) is 5.00 Å². The largest absolute Gasteiger partial charge is 0.365 e. The highest BCUT2D eigenvalue weighted by Crippen LogP contribution is 2.40. The topological polar surface area (TPSA) is 72.2 Å². The summed E-state index contributed by atoms with van der Waals surface area (Å²) in [4.78, 5) is 25.6. The summed E-state index contributed by atoms with van der Waals surface area (Å²) in [6, 6.07) is 5.06. The molecule has 3 rings (SSSR count). The van der Waals surface area contributed by atoms with E-state index >= 15 is 0 Å². The molecule has 1 aliphatic carbocycles. The van der Waals surface area contributed by atoms with Crippen molar-refractivity contribution in [3.63, 3.8) is 0 Å². The first-order chi connectivity index (χ1) is 13.4. The van der Waals surface area contributed by atoms with Crippen LogP contribution in [0, 0.1) is 5.92 Å². The lowest BCUT2D eigenvalue weighted by atomic mass is 9.84. The Balaban J connectivity index is 1.79. The first kappa shape index (κ1) is 20.9. The van der Waals surface area contributed by atoms with Gasteiger partial charge in [-0.15, -0.1) is 11.3 Å². The molecule has 4 nitrogen and oxygen atoms in total. The van der Waals surface area contributed by atoms with Gasteiger partial charge in [-0.3, -0.25) is 9.59 Å². The van der Waals surface area contributed by atoms with E-state index in [0.29, 0.717) is 32.1 Å². The van der Waals surface area contributed by atoms with Crippen molar-refractivity contribution in [2.75, 3.05) is 5.32 Å². The smallest absolute Gasteiger partial charge is 0.251 e. The van der Waals surface area contributed by atoms with E-state index in [4.69, 9.17) is 28.9 Å². The maximum atomic E-state index is 12.4. The van der Waals surface area contributed by atoms with Crippen molar-refractivity contribution >= 4 is 57.4 Å². The molecule has 1 aromatic heterocycles. The summed E-state index contributed by atoms with van der Waals surface area (Å²) in [5.74, 6) is -0.198. The third-order valence-corrected chi connectivity index (χ3v) is 6.66. The lowest BCUT2D eigenvalue weighted by Gasteiger charge is -2.21. The number of carbonyl (C=O) groups is 2. The van der Waals surface area contributed by atoms with Crippen LogP contribution >= 0.6 is 34.5 Å². The van der Waals surface area contributed by atoms with Crippen LogP contribution in [0.3, 0.4) is 0 Å². The van der Waals surface area contributed by atoms with Gasteiger partial charge in [0.25, 0.3) is 5.91 Å². The summed E-state index contributed by atoms with van der Waals surface area (Å²) in [7, 11) is 0. The van der Waals surface area contributed by atoms with Gasteiger partial charge in [-0.05, 0) is 54.5 Å². The average molecular weight is 437 g/mol. The maximum Gasteiger partial charge on any atom is 0.251 e. The lowest BCUT2D eigenvalue weighted by molar-refractivity contribution is -0.111. The van der Waals surface area contributed by atoms with Gasteiger partial charge in [0.2, 0.25) is 5.91 Å². The van der Waals surface area contributed by atoms with Crippen LogP contribution in [0.25, 0.3) is 6.08 Å². The van der Waals surface area contributed by atoms with Gasteiger partial charge in [0, 0.05) is 21.0 Å². The highest BCUT2D eigenvalue weighted by molar-refractivity contribution is 7.17. The molecule has 148 valence electrons. The van der Waals surface area contributed by atoms with Crippen LogP contribution in [0.5, 0.6) is 0 Å². The second-order valence-corrected chi connectivity index (χ2v) is 8.91. The predicted octanol–water partition coefficient (Wildman–Crippen LogP) is 5.71. The second-order valence-electron chi connectivity index (χ2n) is 6.96. The van der Waals surface area contributed by atoms with Crippen molar-refractivity contribution in [1.29, 1.82) is 0 Å². The van der Waals surface area contributed by atoms with Gasteiger partial charge in [0.15, 0.2) is 0 Å². The zero-order valence-electron chi connectivity index (χ0n) is 15.6. The number of nitrogens with one attached hydrogen (secondary N) is 1. The van der Waals surface area contributed by atoms with Gasteiger partial charge >= 0.3 is 0 Å². The van der Waals surface area contributed by atoms with Crippen LogP contribution < -0.4 is 11.1 Å². The molecule has 1 heterocycles. The van der Waals surface area contributed by atoms with Crippen LogP contribution in [0.2, 0.25) is 10.0 Å². The highest BCUT2D eigenvalue weighted by atomic mass is 35.5. The Hall–Kier alpha value is -1.82. The fraction of sp³-hybridized carbons (Fsp3) is 0.333. The zero-order valence-corrected chi connectivity index (χ0v) is 17.9. The molecule has 2 amide bonds. The molecule has 1 atom stereocenters. The third kappa shape index (κ3) is 4.77. The standard InChI is InChI=1S/C21H22Cl2N2O2S/c1-2-3-12-4-8-15-17(10-12)28-21(19(15)20(24)27)25-18(26)9-6-13-5-7-14(22)11-16(13)23/h5-7,9,11-12H,2-4,8,10H2,1H3,(H2,24,27)(H,25,26)/b9-6+. The minimum Gasteiger partial charge on any atom is -0.365 e. The fourth-order valence-corrected chi connectivity index (χ4v) is 5.45. The Morgan fingerprint density at radius 1 is 1.36 bits per heavy atom. The van der Waals surface area contributed by atoms with E-state index in [-0.39, 0.29) is 5.91 Å². The van der Waals surface area contributed by atoms with E-state index in [0.717, 1.165) is 31.2 Å². The first-order valence-electron chi connectivity index (χ1n) is 9.27. The summed E-state index contributed by atoms with van der Waals surface area (Å²) in [5.41, 5.74) is 7.77. The summed E-state index contributed by atoms with van der Waals surface area (Å²) >= 11 is 13.5. The van der Waals surface area contributed by atoms with E-state index in [9.17, 15) is 9.59 Å². The predicted molar refractivity (Wildman–Crippen MR) is 117 cm³/mol. The Morgan fingerprint density at radius 2 is 2.14 bits per heavy atom. The number of halogens is 2. The number of carbonyl (C=O) groups excluding carboxylic acids is 2. The molecule has 0 bridgehead atoms. The van der Waals surface area contributed by atoms with E-state index in [1.807, 2.05) is 0 Å². The van der Waals surface area contributed by atoms with Crippen molar-refractivity contribution in [2.45, 2.75) is 39.0 Å². The highest BCUT2D eigenvalue weighted by Gasteiger charge is 2.28. The quantitative estimate of drug-likeness (QED) is 0.568. The Kier molecular flexibility index (Phi) is 6.81. The summed E-state index contributed by atoms with van der Waals surface area (Å²) in [5, 5.41) is 4.35. The average Bonchev–Trinajstić information content (AvgIpc) is 2.98. The number of primary amides is 1. The number of rotatable bonds is 6. The summed E-state index contributed by atoms with van der Waals surface area (Å²) in [6.07, 6.45) is 8.16. The first-order valence-corrected chi connectivity index (χ1v) is 10.8. The molecule has 1 unspecified atom stereocenters. The van der Waals surface area contributed by atoms with E-state index < -0.39 is 5.91 Å². The summed E-state index contributed by atoms with van der Waals surface area (Å²) in [6.45, 7) is 2.18. The normalized spacial score (nSPS) is 16.2. The Bertz CT molecular complexity index is 937. The minimum atomic E-state index is -0.494. The van der Waals surface area contributed by atoms with Gasteiger partial charge in [-0.25, -0.2) is 0 Å². The van der Waals surface area contributed by atoms with Crippen molar-refractivity contribution in [3.8, 4) is 0 Å². The molecule has 28 heavy (non-hydrogen) atoms. The number of amides is 2. The molecule has 0 aliphatic heterocycles. The van der Waals surface area contributed by atoms with E-state index in [1.165, 1.54) is 28.7 Å². The molecule has 1 aromatic carbocycles. The van der Waals surface area contributed by atoms with Gasteiger partial charge in [-0.2, -0.15) is 0 Å². The number of fused-ring (bicyclic) bond motifs is 1. The molecule has 7 heteroatoms. The van der Waals surface area contributed by atoms with E-state index in [2.05, 4.69) is 12.2 Å². The van der Waals surface area contributed by atoms with Gasteiger partial charge in [0.05, 0.1) is 5.56 Å². The molecule has 0 saturated carbocycles. The number of nitrogens with two attached hydrogens (primary N) is 1. The molecule has 0 fully saturated rings. The van der Waals surface area contributed by atoms with Crippen LogP contribution in [0.4, 0.5) is 5.00 Å². The van der Waals surface area contributed by atoms with Crippen molar-refractivity contribution in [3.05, 3.63) is 55.9 Å². The number of anilines is 1. The zero-order chi connectivity index (χ0) is 20.3. The lowest BCUT2D eigenvalue weighted by Crippen LogP contribution is -2.19. The van der Waals surface area contributed by atoms with Crippen molar-refractivity contribution in [2.24, 2.45) is 11.7 Å². The molecule has 0 saturated heterocycles. The number of hydrogen-bond donors (Lipinski definition) is 2. The molecule has 0 spiro atoms.